The molecule has 5 nitrogen and oxygen atoms in total. The van der Waals surface area contributed by atoms with Crippen molar-refractivity contribution in [3.63, 3.8) is 0 Å². The van der Waals surface area contributed by atoms with E-state index in [0.29, 0.717) is 5.82 Å². The molecule has 2 rings (SSSR count). The van der Waals surface area contributed by atoms with Crippen molar-refractivity contribution in [1.82, 2.24) is 15.5 Å². The van der Waals surface area contributed by atoms with Gasteiger partial charge in [-0.1, -0.05) is 12.1 Å². The molecule has 1 aromatic carbocycles. The van der Waals surface area contributed by atoms with Gasteiger partial charge in [0.15, 0.2) is 5.57 Å². The van der Waals surface area contributed by atoms with Crippen LogP contribution >= 0.6 is 0 Å². The number of nitrogens with zero attached hydrogens (tertiary/aromatic N) is 3. The van der Waals surface area contributed by atoms with Crippen molar-refractivity contribution in [3.05, 3.63) is 47.0 Å². The average Bonchev–Trinajstić information content (AvgIpc) is 2.58. The lowest BCUT2D eigenvalue weighted by atomic mass is 10.0. The lowest BCUT2D eigenvalue weighted by Gasteiger charge is -2.33. The summed E-state index contributed by atoms with van der Waals surface area (Å²) in [5.41, 5.74) is 1.17. The quantitative estimate of drug-likeness (QED) is 0.812. The SMILES string of the molecule is CNC(NC1CCN(Cc2ccc(F)cc2)CC1)=C(C#N)C#N. The number of nitriles is 2. The summed E-state index contributed by atoms with van der Waals surface area (Å²) in [7, 11) is 1.70. The van der Waals surface area contributed by atoms with E-state index in [1.54, 1.807) is 7.05 Å². The molecule has 1 saturated heterocycles. The van der Waals surface area contributed by atoms with Crippen molar-refractivity contribution in [2.75, 3.05) is 20.1 Å². The molecular formula is C17H20FN5. The van der Waals surface area contributed by atoms with Crippen molar-refractivity contribution in [2.24, 2.45) is 0 Å². The fourth-order valence-electron chi connectivity index (χ4n) is 2.69. The van der Waals surface area contributed by atoms with Crippen molar-refractivity contribution >= 4 is 0 Å². The Bertz CT molecular complexity index is 614. The molecule has 0 saturated carbocycles. The van der Waals surface area contributed by atoms with Gasteiger partial charge in [-0.15, -0.1) is 0 Å². The zero-order valence-corrected chi connectivity index (χ0v) is 13.1. The molecule has 1 aromatic rings. The maximum absolute atomic E-state index is 12.9. The summed E-state index contributed by atoms with van der Waals surface area (Å²) in [5, 5.41) is 24.0. The predicted molar refractivity (Wildman–Crippen MR) is 85.1 cm³/mol. The summed E-state index contributed by atoms with van der Waals surface area (Å²) in [6, 6.07) is 10.6. The smallest absolute Gasteiger partial charge is 0.169 e. The molecule has 0 amide bonds. The van der Waals surface area contributed by atoms with E-state index < -0.39 is 0 Å². The second-order valence-electron chi connectivity index (χ2n) is 5.54. The monoisotopic (exact) mass is 313 g/mol. The molecule has 1 aliphatic rings. The largest absolute Gasteiger partial charge is 0.373 e. The van der Waals surface area contributed by atoms with Crippen LogP contribution in [0.2, 0.25) is 0 Å². The lowest BCUT2D eigenvalue weighted by molar-refractivity contribution is 0.194. The Labute approximate surface area is 136 Å². The molecule has 0 unspecified atom stereocenters. The molecule has 0 spiro atoms. The Morgan fingerprint density at radius 1 is 1.22 bits per heavy atom. The number of piperidine rings is 1. The molecular weight excluding hydrogens is 293 g/mol. The predicted octanol–water partition coefficient (Wildman–Crippen LogP) is 1.86. The van der Waals surface area contributed by atoms with Crippen molar-refractivity contribution in [1.29, 1.82) is 10.5 Å². The summed E-state index contributed by atoms with van der Waals surface area (Å²) in [4.78, 5) is 2.32. The molecule has 1 heterocycles. The summed E-state index contributed by atoms with van der Waals surface area (Å²) >= 11 is 0. The highest BCUT2D eigenvalue weighted by Gasteiger charge is 2.20. The van der Waals surface area contributed by atoms with Crippen LogP contribution in [-0.4, -0.2) is 31.1 Å². The highest BCUT2D eigenvalue weighted by atomic mass is 19.1. The van der Waals surface area contributed by atoms with Gasteiger partial charge in [-0.2, -0.15) is 10.5 Å². The van der Waals surface area contributed by atoms with Gasteiger partial charge in [-0.05, 0) is 30.5 Å². The van der Waals surface area contributed by atoms with E-state index in [1.807, 2.05) is 24.3 Å². The van der Waals surface area contributed by atoms with Gasteiger partial charge in [0.2, 0.25) is 0 Å². The van der Waals surface area contributed by atoms with Gasteiger partial charge in [0.05, 0.1) is 0 Å². The van der Waals surface area contributed by atoms with E-state index in [9.17, 15) is 4.39 Å². The summed E-state index contributed by atoms with van der Waals surface area (Å²) in [6.45, 7) is 2.64. The van der Waals surface area contributed by atoms with Crippen LogP contribution in [0, 0.1) is 28.5 Å². The Hall–Kier alpha value is -2.57. The molecule has 0 aliphatic carbocycles. The standard InChI is InChI=1S/C17H20FN5/c1-21-17(14(10-19)11-20)22-16-6-8-23(9-7-16)12-13-2-4-15(18)5-3-13/h2-5,16,21-22H,6-9,12H2,1H3. The van der Waals surface area contributed by atoms with Gasteiger partial charge < -0.3 is 10.6 Å². The minimum atomic E-state index is -0.214. The molecule has 2 N–H and O–H groups in total. The third kappa shape index (κ3) is 4.70. The number of nitrogens with one attached hydrogen (secondary N) is 2. The van der Waals surface area contributed by atoms with Gasteiger partial charge in [0, 0.05) is 32.7 Å². The molecule has 6 heteroatoms. The minimum Gasteiger partial charge on any atom is -0.373 e. The highest BCUT2D eigenvalue weighted by molar-refractivity contribution is 5.38. The molecule has 23 heavy (non-hydrogen) atoms. The van der Waals surface area contributed by atoms with Crippen LogP contribution in [-0.2, 0) is 6.54 Å². The number of halogens is 1. The molecule has 0 radical (unpaired) electrons. The minimum absolute atomic E-state index is 0.0706. The van der Waals surface area contributed by atoms with Crippen LogP contribution in [0.25, 0.3) is 0 Å². The van der Waals surface area contributed by atoms with Crippen LogP contribution in [0.3, 0.4) is 0 Å². The fraction of sp³-hybridized carbons (Fsp3) is 0.412. The molecule has 0 atom stereocenters. The first-order chi connectivity index (χ1) is 11.2. The molecule has 120 valence electrons. The van der Waals surface area contributed by atoms with Gasteiger partial charge in [-0.3, -0.25) is 4.90 Å². The number of allylic oxidation sites excluding steroid dienone is 1. The molecule has 0 bridgehead atoms. The molecule has 1 aliphatic heterocycles. The Balaban J connectivity index is 1.86. The zero-order chi connectivity index (χ0) is 16.7. The number of hydrogen-bond donors (Lipinski definition) is 2. The van der Waals surface area contributed by atoms with Crippen molar-refractivity contribution in [3.8, 4) is 12.1 Å². The summed E-state index contributed by atoms with van der Waals surface area (Å²) in [5.74, 6) is 0.279. The maximum atomic E-state index is 12.9. The van der Waals surface area contributed by atoms with E-state index in [4.69, 9.17) is 10.5 Å². The van der Waals surface area contributed by atoms with Crippen LogP contribution in [0.1, 0.15) is 18.4 Å². The van der Waals surface area contributed by atoms with E-state index in [1.165, 1.54) is 12.1 Å². The van der Waals surface area contributed by atoms with E-state index in [-0.39, 0.29) is 17.4 Å². The summed E-state index contributed by atoms with van der Waals surface area (Å²) in [6.07, 6.45) is 1.85. The third-order valence-electron chi connectivity index (χ3n) is 3.98. The van der Waals surface area contributed by atoms with Gasteiger partial charge >= 0.3 is 0 Å². The lowest BCUT2D eigenvalue weighted by Crippen LogP contribution is -2.43. The third-order valence-corrected chi connectivity index (χ3v) is 3.98. The van der Waals surface area contributed by atoms with Gasteiger partial charge in [-0.25, -0.2) is 4.39 Å². The van der Waals surface area contributed by atoms with Crippen LogP contribution in [0.5, 0.6) is 0 Å². The van der Waals surface area contributed by atoms with Crippen LogP contribution in [0.15, 0.2) is 35.7 Å². The topological polar surface area (TPSA) is 74.9 Å². The Morgan fingerprint density at radius 3 is 2.35 bits per heavy atom. The first-order valence-corrected chi connectivity index (χ1v) is 7.61. The van der Waals surface area contributed by atoms with E-state index in [2.05, 4.69) is 15.5 Å². The van der Waals surface area contributed by atoms with E-state index in [0.717, 1.165) is 38.0 Å². The fourth-order valence-corrected chi connectivity index (χ4v) is 2.69. The Morgan fingerprint density at radius 2 is 1.83 bits per heavy atom. The number of hydrogen-bond acceptors (Lipinski definition) is 5. The van der Waals surface area contributed by atoms with E-state index >= 15 is 0 Å². The molecule has 0 aromatic heterocycles. The van der Waals surface area contributed by atoms with Crippen molar-refractivity contribution in [2.45, 2.75) is 25.4 Å². The van der Waals surface area contributed by atoms with Gasteiger partial charge in [0.25, 0.3) is 0 Å². The number of rotatable bonds is 5. The summed E-state index contributed by atoms with van der Waals surface area (Å²) < 4.78 is 12.9. The second kappa shape index (κ2) is 8.17. The van der Waals surface area contributed by atoms with Crippen LogP contribution in [0.4, 0.5) is 4.39 Å². The first kappa shape index (κ1) is 16.8. The number of likely N-dealkylation sites (tertiary alicyclic amines) is 1. The zero-order valence-electron chi connectivity index (χ0n) is 13.1. The van der Waals surface area contributed by atoms with Crippen LogP contribution < -0.4 is 10.6 Å². The normalized spacial score (nSPS) is 15.3. The Kier molecular flexibility index (Phi) is 5.96. The van der Waals surface area contributed by atoms with Crippen molar-refractivity contribution < 1.29 is 4.39 Å². The number of benzene rings is 1. The second-order valence-corrected chi connectivity index (χ2v) is 5.54. The maximum Gasteiger partial charge on any atom is 0.169 e. The first-order valence-electron chi connectivity index (χ1n) is 7.61. The molecule has 1 fully saturated rings. The van der Waals surface area contributed by atoms with Gasteiger partial charge in [0.1, 0.15) is 23.8 Å². The average molecular weight is 313 g/mol. The highest BCUT2D eigenvalue weighted by Crippen LogP contribution is 2.15.